The molecule has 7 heavy (non-hydrogen) atoms. The first-order chi connectivity index (χ1) is 3.27. The van der Waals surface area contributed by atoms with Gasteiger partial charge < -0.3 is 0 Å². The fourth-order valence-electron chi connectivity index (χ4n) is 0.177. The first-order valence-corrected chi connectivity index (χ1v) is 2.76. The third-order valence-electron chi connectivity index (χ3n) is 0.466. The number of hydrogen-bond donors (Lipinski definition) is 0. The third-order valence-corrected chi connectivity index (χ3v) is 0.895. The van der Waals surface area contributed by atoms with E-state index < -0.39 is 0 Å². The quantitative estimate of drug-likeness (QED) is 0.422. The Balaban J connectivity index is 2.97. The zero-order chi connectivity index (χ0) is 5.70. The summed E-state index contributed by atoms with van der Waals surface area (Å²) in [5, 5.41) is 0. The van der Waals surface area contributed by atoms with Crippen LogP contribution >= 0.6 is 0 Å². The Morgan fingerprint density at radius 3 is 2.43 bits per heavy atom. The molecule has 0 spiro atoms. The van der Waals surface area contributed by atoms with Crippen molar-refractivity contribution in [2.24, 2.45) is 0 Å². The summed E-state index contributed by atoms with van der Waals surface area (Å²) in [6, 6.07) is 0. The van der Waals surface area contributed by atoms with Gasteiger partial charge >= 0.3 is 49.4 Å². The van der Waals surface area contributed by atoms with Crippen molar-refractivity contribution in [1.29, 1.82) is 0 Å². The molecule has 39 valence electrons. The topological polar surface area (TPSA) is 34.1 Å². The Labute approximate surface area is 50.1 Å². The zero-order valence-corrected chi connectivity index (χ0v) is 5.43. The predicted molar refractivity (Wildman–Crippen MR) is 26.1 cm³/mol. The molecule has 0 saturated heterocycles. The van der Waals surface area contributed by atoms with E-state index in [2.05, 4.69) is 16.0 Å². The molecule has 1 radical (unpaired) electrons. The summed E-state index contributed by atoms with van der Waals surface area (Å²) in [4.78, 5) is 19.5. The predicted octanol–water partition coefficient (Wildman–Crippen LogP) is -0.339. The number of carbonyl (C=O) groups is 2. The third kappa shape index (κ3) is 5.86. The number of hydrogen-bond acceptors (Lipinski definition) is 2. The van der Waals surface area contributed by atoms with Crippen molar-refractivity contribution in [2.75, 3.05) is 0 Å². The molecule has 0 aliphatic carbocycles. The van der Waals surface area contributed by atoms with E-state index in [1.807, 2.05) is 0 Å². The minimum atomic E-state index is -0.0490. The molecule has 0 aliphatic rings. The summed E-state index contributed by atoms with van der Waals surface area (Å²) in [5.74, 6) is 0. The van der Waals surface area contributed by atoms with E-state index >= 15 is 0 Å². The molecule has 3 heteroatoms. The maximum absolute atomic E-state index is 9.99. The van der Waals surface area contributed by atoms with Gasteiger partial charge in [-0.15, -0.1) is 0 Å². The van der Waals surface area contributed by atoms with Crippen LogP contribution in [0.1, 0.15) is 12.8 Å². The minimum absolute atomic E-state index is 0.0490. The van der Waals surface area contributed by atoms with Crippen LogP contribution in [-0.4, -0.2) is 27.0 Å². The summed E-state index contributed by atoms with van der Waals surface area (Å²) in [6.07, 6.45) is 1.41. The van der Waals surface area contributed by atoms with Gasteiger partial charge in [-0.1, -0.05) is 0 Å². The van der Waals surface area contributed by atoms with E-state index in [9.17, 15) is 9.59 Å². The summed E-state index contributed by atoms with van der Waals surface area (Å²) in [7, 11) is 0. The van der Waals surface area contributed by atoms with Crippen LogP contribution in [0.4, 0.5) is 0 Å². The molecule has 0 aromatic heterocycles. The molecular weight excluding hydrogens is 159 g/mol. The molecule has 0 rings (SSSR count). The SMILES string of the molecule is O=CCCC(=O)[Se]. The molecule has 0 atom stereocenters. The van der Waals surface area contributed by atoms with Crippen LogP contribution < -0.4 is 0 Å². The van der Waals surface area contributed by atoms with Gasteiger partial charge in [0.2, 0.25) is 0 Å². The second-order valence-electron chi connectivity index (χ2n) is 1.08. The van der Waals surface area contributed by atoms with Gasteiger partial charge in [0.25, 0.3) is 0 Å². The summed E-state index contributed by atoms with van der Waals surface area (Å²) < 4.78 is -0.0490. The Bertz CT molecular complexity index is 79.8. The van der Waals surface area contributed by atoms with Crippen molar-refractivity contribution in [1.82, 2.24) is 0 Å². The first-order valence-electron chi connectivity index (χ1n) is 1.91. The fourth-order valence-corrected chi connectivity index (χ4v) is 0.424. The van der Waals surface area contributed by atoms with E-state index in [0.717, 1.165) is 6.29 Å². The van der Waals surface area contributed by atoms with Gasteiger partial charge in [-0.25, -0.2) is 0 Å². The van der Waals surface area contributed by atoms with Crippen LogP contribution in [0.2, 0.25) is 0 Å². The Morgan fingerprint density at radius 2 is 2.29 bits per heavy atom. The number of carbonyl (C=O) groups excluding carboxylic acids is 2. The van der Waals surface area contributed by atoms with Gasteiger partial charge in [0.05, 0.1) is 0 Å². The van der Waals surface area contributed by atoms with Crippen LogP contribution in [0.15, 0.2) is 0 Å². The van der Waals surface area contributed by atoms with E-state index in [0.29, 0.717) is 12.8 Å². The van der Waals surface area contributed by atoms with E-state index in [1.54, 1.807) is 0 Å². The monoisotopic (exact) mass is 165 g/mol. The first kappa shape index (κ1) is 6.86. The van der Waals surface area contributed by atoms with Crippen molar-refractivity contribution in [3.63, 3.8) is 0 Å². The molecule has 2 nitrogen and oxygen atoms in total. The van der Waals surface area contributed by atoms with Crippen LogP contribution in [0.5, 0.6) is 0 Å². The standard InChI is InChI=1S/C4H5O2Se/c5-3-1-2-4(6)7/h3H,1-2H2. The molecule has 0 heterocycles. The summed E-state index contributed by atoms with van der Waals surface area (Å²) >= 11 is 2.28. The molecule has 0 aromatic carbocycles. The van der Waals surface area contributed by atoms with Gasteiger partial charge in [-0.3, -0.25) is 0 Å². The van der Waals surface area contributed by atoms with Gasteiger partial charge in [0, 0.05) is 0 Å². The molecule has 0 amide bonds. The molecule has 0 unspecified atom stereocenters. The molecule has 0 aromatic rings. The molecule has 0 bridgehead atoms. The van der Waals surface area contributed by atoms with Crippen LogP contribution in [0, 0.1) is 0 Å². The normalized spacial score (nSPS) is 8.00. The van der Waals surface area contributed by atoms with Crippen LogP contribution in [-0.2, 0) is 9.59 Å². The molecule has 0 saturated carbocycles. The summed E-state index contributed by atoms with van der Waals surface area (Å²) in [5.41, 5.74) is 0. The number of aldehydes is 1. The van der Waals surface area contributed by atoms with Crippen molar-refractivity contribution in [3.8, 4) is 0 Å². The average molecular weight is 164 g/mol. The Kier molecular flexibility index (Phi) is 3.95. The second kappa shape index (κ2) is 4.03. The molecule has 0 fully saturated rings. The van der Waals surface area contributed by atoms with Crippen molar-refractivity contribution >= 4 is 27.0 Å². The van der Waals surface area contributed by atoms with Gasteiger partial charge in [0.15, 0.2) is 0 Å². The Hall–Kier alpha value is -0.141. The Morgan fingerprint density at radius 1 is 1.71 bits per heavy atom. The van der Waals surface area contributed by atoms with Crippen molar-refractivity contribution in [3.05, 3.63) is 0 Å². The summed E-state index contributed by atoms with van der Waals surface area (Å²) in [6.45, 7) is 0. The molecular formula is C4H5O2Se. The van der Waals surface area contributed by atoms with Crippen LogP contribution in [0.3, 0.4) is 0 Å². The maximum atomic E-state index is 9.99. The fraction of sp³-hybridized carbons (Fsp3) is 0.500. The number of rotatable bonds is 3. The van der Waals surface area contributed by atoms with Gasteiger partial charge in [-0.2, -0.15) is 0 Å². The van der Waals surface area contributed by atoms with Crippen LogP contribution in [0.25, 0.3) is 0 Å². The molecule has 0 aliphatic heterocycles. The van der Waals surface area contributed by atoms with Crippen molar-refractivity contribution in [2.45, 2.75) is 12.8 Å². The van der Waals surface area contributed by atoms with Crippen molar-refractivity contribution < 1.29 is 9.59 Å². The molecule has 0 N–H and O–H groups in total. The van der Waals surface area contributed by atoms with E-state index in [4.69, 9.17) is 0 Å². The second-order valence-corrected chi connectivity index (χ2v) is 2.03. The van der Waals surface area contributed by atoms with Gasteiger partial charge in [-0.05, 0) is 0 Å². The van der Waals surface area contributed by atoms with E-state index in [-0.39, 0.29) is 4.68 Å². The zero-order valence-electron chi connectivity index (χ0n) is 3.72. The van der Waals surface area contributed by atoms with E-state index in [1.165, 1.54) is 0 Å². The van der Waals surface area contributed by atoms with Gasteiger partial charge in [0.1, 0.15) is 0 Å². The average Bonchev–Trinajstić information content (AvgIpc) is 1.61.